The fourth-order valence-electron chi connectivity index (χ4n) is 2.96. The molecule has 6 nitrogen and oxygen atoms in total. The highest BCUT2D eigenvalue weighted by atomic mass is 16.2. The first kappa shape index (κ1) is 16.7. The molecule has 1 saturated heterocycles. The summed E-state index contributed by atoms with van der Waals surface area (Å²) >= 11 is 0. The number of piperazine rings is 1. The molecule has 0 radical (unpaired) electrons. The average molecular weight is 327 g/mol. The number of benzene rings is 1. The SMILES string of the molecule is Cc1ccc(-n2nc(C)cc2NC(=O)CN2CCNC[C@H]2C)cc1. The Bertz CT molecular complexity index is 707. The highest BCUT2D eigenvalue weighted by Crippen LogP contribution is 2.18. The van der Waals surface area contributed by atoms with Crippen LogP contribution < -0.4 is 10.6 Å². The maximum absolute atomic E-state index is 12.5. The van der Waals surface area contributed by atoms with Crippen molar-refractivity contribution in [2.24, 2.45) is 0 Å². The van der Waals surface area contributed by atoms with E-state index >= 15 is 0 Å². The summed E-state index contributed by atoms with van der Waals surface area (Å²) in [6.07, 6.45) is 0. The molecule has 3 rings (SSSR count). The molecule has 1 aliphatic heterocycles. The van der Waals surface area contributed by atoms with Gasteiger partial charge in [-0.3, -0.25) is 9.69 Å². The third kappa shape index (κ3) is 3.83. The third-order valence-electron chi connectivity index (χ3n) is 4.36. The molecule has 2 heterocycles. The van der Waals surface area contributed by atoms with Crippen LogP contribution >= 0.6 is 0 Å². The standard InChI is InChI=1S/C18H25N5O/c1-13-4-6-16(7-5-13)23-17(10-14(2)21-23)20-18(24)12-22-9-8-19-11-15(22)3/h4-7,10,15,19H,8-9,11-12H2,1-3H3,(H,20,24)/t15-/m1/s1. The van der Waals surface area contributed by atoms with Crippen molar-refractivity contribution in [2.45, 2.75) is 26.8 Å². The van der Waals surface area contributed by atoms with Gasteiger partial charge in [-0.2, -0.15) is 5.10 Å². The molecule has 1 fully saturated rings. The molecular weight excluding hydrogens is 302 g/mol. The summed E-state index contributed by atoms with van der Waals surface area (Å²) in [5.41, 5.74) is 3.02. The summed E-state index contributed by atoms with van der Waals surface area (Å²) in [6.45, 7) is 9.27. The monoisotopic (exact) mass is 327 g/mol. The van der Waals surface area contributed by atoms with Crippen molar-refractivity contribution in [1.29, 1.82) is 0 Å². The lowest BCUT2D eigenvalue weighted by molar-refractivity contribution is -0.118. The van der Waals surface area contributed by atoms with Crippen LogP contribution in [0.25, 0.3) is 5.69 Å². The molecule has 2 N–H and O–H groups in total. The van der Waals surface area contributed by atoms with Gasteiger partial charge in [-0.1, -0.05) is 17.7 Å². The minimum Gasteiger partial charge on any atom is -0.314 e. The van der Waals surface area contributed by atoms with Gasteiger partial charge in [0.25, 0.3) is 0 Å². The highest BCUT2D eigenvalue weighted by Gasteiger charge is 2.21. The lowest BCUT2D eigenvalue weighted by Gasteiger charge is -2.33. The van der Waals surface area contributed by atoms with E-state index in [4.69, 9.17) is 0 Å². The Kier molecular flexibility index (Phi) is 4.97. The molecule has 0 saturated carbocycles. The van der Waals surface area contributed by atoms with Gasteiger partial charge in [0.1, 0.15) is 5.82 Å². The summed E-state index contributed by atoms with van der Waals surface area (Å²) in [7, 11) is 0. The topological polar surface area (TPSA) is 62.2 Å². The van der Waals surface area contributed by atoms with Crippen LogP contribution in [0.3, 0.4) is 0 Å². The zero-order chi connectivity index (χ0) is 17.1. The van der Waals surface area contributed by atoms with Gasteiger partial charge in [-0.15, -0.1) is 0 Å². The number of aryl methyl sites for hydroxylation is 2. The van der Waals surface area contributed by atoms with Gasteiger partial charge < -0.3 is 10.6 Å². The first-order valence-corrected chi connectivity index (χ1v) is 8.41. The molecule has 1 aromatic heterocycles. The number of rotatable bonds is 4. The highest BCUT2D eigenvalue weighted by molar-refractivity contribution is 5.91. The number of aromatic nitrogens is 2. The Morgan fingerprint density at radius 2 is 2.08 bits per heavy atom. The van der Waals surface area contributed by atoms with Crippen LogP contribution in [-0.2, 0) is 4.79 Å². The summed E-state index contributed by atoms with van der Waals surface area (Å²) in [4.78, 5) is 14.7. The number of carbonyl (C=O) groups excluding carboxylic acids is 1. The molecule has 1 atom stereocenters. The second kappa shape index (κ2) is 7.15. The molecule has 1 aliphatic rings. The molecular formula is C18H25N5O. The Balaban J connectivity index is 1.73. The van der Waals surface area contributed by atoms with Crippen molar-refractivity contribution in [2.75, 3.05) is 31.5 Å². The van der Waals surface area contributed by atoms with Crippen molar-refractivity contribution in [3.8, 4) is 5.69 Å². The van der Waals surface area contributed by atoms with Crippen LogP contribution in [-0.4, -0.2) is 52.8 Å². The summed E-state index contributed by atoms with van der Waals surface area (Å²) in [5.74, 6) is 0.709. The van der Waals surface area contributed by atoms with E-state index < -0.39 is 0 Å². The van der Waals surface area contributed by atoms with Gasteiger partial charge in [0.05, 0.1) is 17.9 Å². The van der Waals surface area contributed by atoms with E-state index in [0.717, 1.165) is 31.0 Å². The molecule has 128 valence electrons. The van der Waals surface area contributed by atoms with Crippen molar-refractivity contribution in [1.82, 2.24) is 20.0 Å². The molecule has 0 bridgehead atoms. The Hall–Kier alpha value is -2.18. The van der Waals surface area contributed by atoms with Gasteiger partial charge in [0, 0.05) is 31.7 Å². The zero-order valence-electron chi connectivity index (χ0n) is 14.5. The number of nitrogens with one attached hydrogen (secondary N) is 2. The first-order valence-electron chi connectivity index (χ1n) is 8.41. The van der Waals surface area contributed by atoms with Crippen molar-refractivity contribution in [3.63, 3.8) is 0 Å². The quantitative estimate of drug-likeness (QED) is 0.898. The van der Waals surface area contributed by atoms with Crippen LogP contribution in [0.4, 0.5) is 5.82 Å². The molecule has 0 spiro atoms. The fraction of sp³-hybridized carbons (Fsp3) is 0.444. The second-order valence-electron chi connectivity index (χ2n) is 6.49. The minimum atomic E-state index is -0.00277. The van der Waals surface area contributed by atoms with Gasteiger partial charge in [-0.25, -0.2) is 4.68 Å². The van der Waals surface area contributed by atoms with Crippen LogP contribution in [0.2, 0.25) is 0 Å². The second-order valence-corrected chi connectivity index (χ2v) is 6.49. The molecule has 24 heavy (non-hydrogen) atoms. The number of nitrogens with zero attached hydrogens (tertiary/aromatic N) is 3. The fourth-order valence-corrected chi connectivity index (χ4v) is 2.96. The first-order chi connectivity index (χ1) is 11.5. The third-order valence-corrected chi connectivity index (χ3v) is 4.36. The van der Waals surface area contributed by atoms with Crippen LogP contribution in [0.1, 0.15) is 18.2 Å². The Labute approximate surface area is 142 Å². The lowest BCUT2D eigenvalue weighted by Crippen LogP contribution is -2.52. The smallest absolute Gasteiger partial charge is 0.239 e. The summed E-state index contributed by atoms with van der Waals surface area (Å²) < 4.78 is 1.79. The lowest BCUT2D eigenvalue weighted by atomic mass is 10.2. The van der Waals surface area contributed by atoms with E-state index in [-0.39, 0.29) is 5.91 Å². The molecule has 2 aromatic rings. The molecule has 1 amide bonds. The predicted molar refractivity (Wildman–Crippen MR) is 95.6 cm³/mol. The Morgan fingerprint density at radius 1 is 1.33 bits per heavy atom. The van der Waals surface area contributed by atoms with E-state index in [0.29, 0.717) is 18.4 Å². The van der Waals surface area contributed by atoms with Gasteiger partial charge in [0.15, 0.2) is 0 Å². The van der Waals surface area contributed by atoms with E-state index in [1.54, 1.807) is 4.68 Å². The molecule has 0 unspecified atom stereocenters. The summed E-state index contributed by atoms with van der Waals surface area (Å²) in [5, 5.41) is 10.9. The average Bonchev–Trinajstić information content (AvgIpc) is 2.90. The normalized spacial score (nSPS) is 18.5. The van der Waals surface area contributed by atoms with Crippen molar-refractivity contribution >= 4 is 11.7 Å². The molecule has 6 heteroatoms. The number of amides is 1. The number of carbonyl (C=O) groups is 1. The largest absolute Gasteiger partial charge is 0.314 e. The van der Waals surface area contributed by atoms with E-state index in [1.165, 1.54) is 5.56 Å². The maximum atomic E-state index is 12.5. The zero-order valence-corrected chi connectivity index (χ0v) is 14.5. The van der Waals surface area contributed by atoms with E-state index in [9.17, 15) is 4.79 Å². The van der Waals surface area contributed by atoms with Gasteiger partial charge in [-0.05, 0) is 32.9 Å². The molecule has 0 aliphatic carbocycles. The minimum absolute atomic E-state index is 0.00277. The van der Waals surface area contributed by atoms with Crippen LogP contribution in [0.5, 0.6) is 0 Å². The number of hydrogen-bond donors (Lipinski definition) is 2. The van der Waals surface area contributed by atoms with Crippen molar-refractivity contribution < 1.29 is 4.79 Å². The van der Waals surface area contributed by atoms with E-state index in [2.05, 4.69) is 34.5 Å². The van der Waals surface area contributed by atoms with Crippen molar-refractivity contribution in [3.05, 3.63) is 41.6 Å². The van der Waals surface area contributed by atoms with Crippen LogP contribution in [0.15, 0.2) is 30.3 Å². The van der Waals surface area contributed by atoms with Gasteiger partial charge >= 0.3 is 0 Å². The predicted octanol–water partition coefficient (Wildman–Crippen LogP) is 1.72. The number of anilines is 1. The number of hydrogen-bond acceptors (Lipinski definition) is 4. The van der Waals surface area contributed by atoms with E-state index in [1.807, 2.05) is 37.3 Å². The van der Waals surface area contributed by atoms with Gasteiger partial charge in [0.2, 0.25) is 5.91 Å². The molecule has 1 aromatic carbocycles. The van der Waals surface area contributed by atoms with Crippen LogP contribution in [0, 0.1) is 13.8 Å². The summed E-state index contributed by atoms with van der Waals surface area (Å²) in [6, 6.07) is 10.4. The maximum Gasteiger partial charge on any atom is 0.239 e. The Morgan fingerprint density at radius 3 is 2.79 bits per heavy atom.